The van der Waals surface area contributed by atoms with Gasteiger partial charge in [0.25, 0.3) is 0 Å². The van der Waals surface area contributed by atoms with Gasteiger partial charge in [-0.2, -0.15) is 0 Å². The van der Waals surface area contributed by atoms with E-state index in [1.54, 1.807) is 16.9 Å². The van der Waals surface area contributed by atoms with Gasteiger partial charge in [-0.25, -0.2) is 0 Å². The fraction of sp³-hybridized carbons (Fsp3) is 0.577. The molecule has 0 bridgehead atoms. The molecule has 1 aromatic carbocycles. The van der Waals surface area contributed by atoms with E-state index >= 15 is 0 Å². The number of aromatic hydroxyl groups is 1. The number of Topliss-reactive ketones (excluding diaryl/α,β-unsaturated/α-hetero) is 1. The SMILES string of the molecule is CCCC[C@@H]1[C@@H](OC(C)=O)CC(=O)C[C@@H](c2ccc(O)c(OC)c2)CSSC[C@H]1C1=CCN=C1. The lowest BCUT2D eigenvalue weighted by molar-refractivity contribution is -0.151. The molecule has 2 heterocycles. The first kappa shape index (κ1) is 26.7. The Morgan fingerprint density at radius 3 is 2.71 bits per heavy atom. The number of allylic oxidation sites excluding steroid dienone is 1. The molecule has 4 atom stereocenters. The summed E-state index contributed by atoms with van der Waals surface area (Å²) in [6, 6.07) is 5.29. The van der Waals surface area contributed by atoms with Crippen LogP contribution in [-0.4, -0.2) is 54.3 Å². The molecule has 1 N–H and O–H groups in total. The van der Waals surface area contributed by atoms with Gasteiger partial charge in [0.05, 0.1) is 13.7 Å². The Morgan fingerprint density at radius 1 is 1.24 bits per heavy atom. The molecule has 0 unspecified atom stereocenters. The number of nitrogens with zero attached hydrogens (tertiary/aromatic N) is 1. The molecule has 3 rings (SSSR count). The Kier molecular flexibility index (Phi) is 10.4. The van der Waals surface area contributed by atoms with Crippen LogP contribution in [0.2, 0.25) is 0 Å². The van der Waals surface area contributed by atoms with Gasteiger partial charge in [0.2, 0.25) is 0 Å². The minimum absolute atomic E-state index is 0.0182. The van der Waals surface area contributed by atoms with Crippen LogP contribution >= 0.6 is 21.6 Å². The number of ketones is 1. The van der Waals surface area contributed by atoms with Crippen LogP contribution in [-0.2, 0) is 14.3 Å². The van der Waals surface area contributed by atoms with Crippen molar-refractivity contribution in [2.24, 2.45) is 16.8 Å². The summed E-state index contributed by atoms with van der Waals surface area (Å²) in [4.78, 5) is 29.8. The Bertz CT molecular complexity index is 916. The van der Waals surface area contributed by atoms with E-state index in [9.17, 15) is 14.7 Å². The third kappa shape index (κ3) is 7.28. The molecule has 8 heteroatoms. The molecule has 1 fully saturated rings. The van der Waals surface area contributed by atoms with Crippen molar-refractivity contribution in [3.05, 3.63) is 35.4 Å². The van der Waals surface area contributed by atoms with Crippen molar-refractivity contribution in [1.29, 1.82) is 0 Å². The summed E-state index contributed by atoms with van der Waals surface area (Å²) in [5, 5.41) is 9.99. The number of aliphatic imine (C=N–C) groups is 1. The van der Waals surface area contributed by atoms with E-state index < -0.39 is 6.10 Å². The average molecular weight is 506 g/mol. The standard InChI is InChI=1S/C26H35NO5S2/c1-4-5-6-22-23(19-9-10-27-14-19)16-34-33-15-20(11-21(29)13-25(22)32-17(2)28)18-7-8-24(30)26(12-18)31-3/h7-9,12,14,20,22-23,25,30H,4-6,10-11,13,15-16H2,1-3H3/t20-,22+,23+,25+/m1/s1. The number of benzene rings is 1. The lowest BCUT2D eigenvalue weighted by Gasteiger charge is -2.33. The van der Waals surface area contributed by atoms with Crippen molar-refractivity contribution in [3.8, 4) is 11.5 Å². The van der Waals surface area contributed by atoms with Gasteiger partial charge >= 0.3 is 5.97 Å². The predicted octanol–water partition coefficient (Wildman–Crippen LogP) is 5.59. The minimum atomic E-state index is -0.449. The topological polar surface area (TPSA) is 85.2 Å². The quantitative estimate of drug-likeness (QED) is 0.382. The van der Waals surface area contributed by atoms with Crippen LogP contribution in [0.25, 0.3) is 0 Å². The smallest absolute Gasteiger partial charge is 0.302 e. The lowest BCUT2D eigenvalue weighted by atomic mass is 9.78. The summed E-state index contributed by atoms with van der Waals surface area (Å²) >= 11 is 0. The number of ether oxygens (including phenoxy) is 2. The van der Waals surface area contributed by atoms with Gasteiger partial charge in [-0.1, -0.05) is 53.5 Å². The Labute approximate surface area is 210 Å². The van der Waals surface area contributed by atoms with Crippen LogP contribution in [0.3, 0.4) is 0 Å². The second kappa shape index (κ2) is 13.2. The van der Waals surface area contributed by atoms with Gasteiger partial charge in [-0.3, -0.25) is 14.6 Å². The first-order chi connectivity index (χ1) is 16.4. The summed E-state index contributed by atoms with van der Waals surface area (Å²) in [5.74, 6) is 2.10. The predicted molar refractivity (Wildman–Crippen MR) is 140 cm³/mol. The van der Waals surface area contributed by atoms with Crippen LogP contribution in [0, 0.1) is 11.8 Å². The molecule has 2 aliphatic rings. The number of carbonyl (C=O) groups is 2. The summed E-state index contributed by atoms with van der Waals surface area (Å²) in [7, 11) is 5.10. The first-order valence-corrected chi connectivity index (χ1v) is 14.4. The molecule has 1 aromatic rings. The van der Waals surface area contributed by atoms with E-state index in [0.29, 0.717) is 18.7 Å². The maximum absolute atomic E-state index is 13.3. The number of phenolic OH excluding ortho intramolecular Hbond substituents is 1. The lowest BCUT2D eigenvalue weighted by Crippen LogP contribution is -2.36. The van der Waals surface area contributed by atoms with Crippen molar-refractivity contribution in [1.82, 2.24) is 0 Å². The summed E-state index contributed by atoms with van der Waals surface area (Å²) in [5.41, 5.74) is 2.15. The second-order valence-electron chi connectivity index (χ2n) is 8.90. The van der Waals surface area contributed by atoms with Crippen LogP contribution in [0.4, 0.5) is 0 Å². The van der Waals surface area contributed by atoms with Crippen molar-refractivity contribution >= 4 is 39.6 Å². The zero-order valence-electron chi connectivity index (χ0n) is 20.2. The largest absolute Gasteiger partial charge is 0.504 e. The zero-order valence-corrected chi connectivity index (χ0v) is 21.8. The number of esters is 1. The number of unbranched alkanes of at least 4 members (excludes halogenated alkanes) is 1. The minimum Gasteiger partial charge on any atom is -0.504 e. The Hall–Kier alpha value is -1.93. The third-order valence-electron chi connectivity index (χ3n) is 6.48. The van der Waals surface area contributed by atoms with Crippen LogP contribution in [0.15, 0.2) is 34.8 Å². The average Bonchev–Trinajstić information content (AvgIpc) is 3.33. The van der Waals surface area contributed by atoms with Gasteiger partial charge in [-0.15, -0.1) is 0 Å². The second-order valence-corrected chi connectivity index (χ2v) is 11.5. The Balaban J connectivity index is 1.91. The molecular weight excluding hydrogens is 470 g/mol. The van der Waals surface area contributed by atoms with Crippen molar-refractivity contribution in [2.75, 3.05) is 25.2 Å². The van der Waals surface area contributed by atoms with Gasteiger partial charge < -0.3 is 14.6 Å². The maximum Gasteiger partial charge on any atom is 0.302 e. The van der Waals surface area contributed by atoms with E-state index in [0.717, 1.165) is 36.3 Å². The molecule has 0 radical (unpaired) electrons. The number of methoxy groups -OCH3 is 1. The Morgan fingerprint density at radius 2 is 2.03 bits per heavy atom. The normalized spacial score (nSPS) is 26.0. The molecule has 6 nitrogen and oxygen atoms in total. The van der Waals surface area contributed by atoms with E-state index in [4.69, 9.17) is 9.47 Å². The van der Waals surface area contributed by atoms with E-state index in [2.05, 4.69) is 18.0 Å². The van der Waals surface area contributed by atoms with Crippen LogP contribution in [0.5, 0.6) is 11.5 Å². The molecule has 0 aliphatic carbocycles. The number of carbonyl (C=O) groups excluding carboxylic acids is 2. The van der Waals surface area contributed by atoms with Gasteiger partial charge in [0, 0.05) is 55.2 Å². The van der Waals surface area contributed by atoms with Crippen LogP contribution < -0.4 is 4.74 Å². The van der Waals surface area contributed by atoms with Crippen molar-refractivity contribution < 1.29 is 24.2 Å². The highest BCUT2D eigenvalue weighted by Crippen LogP contribution is 2.41. The van der Waals surface area contributed by atoms with E-state index in [1.807, 2.05) is 29.1 Å². The third-order valence-corrected chi connectivity index (χ3v) is 9.00. The molecule has 2 aliphatic heterocycles. The maximum atomic E-state index is 13.3. The van der Waals surface area contributed by atoms with E-state index in [-0.39, 0.29) is 41.7 Å². The summed E-state index contributed by atoms with van der Waals surface area (Å²) in [6.07, 6.45) is 7.20. The molecule has 186 valence electrons. The molecule has 0 amide bonds. The fourth-order valence-corrected chi connectivity index (χ4v) is 7.48. The molecule has 1 saturated heterocycles. The highest BCUT2D eigenvalue weighted by atomic mass is 33.1. The highest BCUT2D eigenvalue weighted by molar-refractivity contribution is 8.76. The number of hydrogen-bond acceptors (Lipinski definition) is 8. The van der Waals surface area contributed by atoms with Gasteiger partial charge in [-0.05, 0) is 29.7 Å². The molecule has 0 saturated carbocycles. The molecule has 34 heavy (non-hydrogen) atoms. The van der Waals surface area contributed by atoms with Crippen LogP contribution in [0.1, 0.15) is 57.4 Å². The first-order valence-electron chi connectivity index (χ1n) is 11.9. The molecule has 0 aromatic heterocycles. The fourth-order valence-electron chi connectivity index (χ4n) is 4.72. The van der Waals surface area contributed by atoms with Gasteiger partial charge in [0.1, 0.15) is 11.9 Å². The van der Waals surface area contributed by atoms with Gasteiger partial charge in [0.15, 0.2) is 11.5 Å². The molecule has 0 spiro atoms. The number of rotatable bonds is 7. The van der Waals surface area contributed by atoms with Crippen molar-refractivity contribution in [2.45, 2.75) is 58.0 Å². The molecular formula is C26H35NO5S2. The summed E-state index contributed by atoms with van der Waals surface area (Å²) in [6.45, 7) is 4.27. The highest BCUT2D eigenvalue weighted by Gasteiger charge is 2.36. The van der Waals surface area contributed by atoms with Crippen molar-refractivity contribution in [3.63, 3.8) is 0 Å². The number of phenols is 1. The summed E-state index contributed by atoms with van der Waals surface area (Å²) < 4.78 is 11.1. The number of hydrogen-bond donors (Lipinski definition) is 1. The zero-order chi connectivity index (χ0) is 24.5. The van der Waals surface area contributed by atoms with E-state index in [1.165, 1.54) is 19.6 Å². The monoisotopic (exact) mass is 505 g/mol.